The maximum absolute atomic E-state index is 13.2. The van der Waals surface area contributed by atoms with Crippen molar-refractivity contribution in [2.24, 2.45) is 0 Å². The molecular formula is C28H30FNO4. The van der Waals surface area contributed by atoms with E-state index in [0.29, 0.717) is 18.7 Å². The van der Waals surface area contributed by atoms with Crippen molar-refractivity contribution in [1.82, 2.24) is 5.32 Å². The van der Waals surface area contributed by atoms with Crippen molar-refractivity contribution in [3.8, 4) is 16.9 Å². The first kappa shape index (κ1) is 25.0. The van der Waals surface area contributed by atoms with Crippen molar-refractivity contribution in [1.29, 1.82) is 0 Å². The van der Waals surface area contributed by atoms with E-state index >= 15 is 0 Å². The van der Waals surface area contributed by atoms with Gasteiger partial charge in [0, 0.05) is 13.0 Å². The summed E-state index contributed by atoms with van der Waals surface area (Å²) < 4.78 is 23.3. The van der Waals surface area contributed by atoms with Crippen LogP contribution in [0.15, 0.2) is 72.8 Å². The number of carbonyl (C=O) groups is 2. The molecule has 6 heteroatoms. The standard InChI is InChI=1S/C28H30FNO4/c1-33-28(32)17-18-34-26-15-13-24(14-16-26)23-11-9-22(10-12-23)20-30-27(31)8-3-2-5-21-6-4-7-25(29)19-21/h4,6-7,9-16,19H,2-3,5,8,17-18,20H2,1H3,(H,30,31). The summed E-state index contributed by atoms with van der Waals surface area (Å²) in [4.78, 5) is 23.3. The number of benzene rings is 3. The molecule has 178 valence electrons. The van der Waals surface area contributed by atoms with Gasteiger partial charge in [0.1, 0.15) is 11.6 Å². The topological polar surface area (TPSA) is 64.6 Å². The number of unbranched alkanes of at least 4 members (excludes halogenated alkanes) is 1. The molecule has 0 heterocycles. The van der Waals surface area contributed by atoms with Crippen molar-refractivity contribution in [3.63, 3.8) is 0 Å². The summed E-state index contributed by atoms with van der Waals surface area (Å²) in [7, 11) is 1.36. The van der Waals surface area contributed by atoms with Crippen molar-refractivity contribution in [2.75, 3.05) is 13.7 Å². The Balaban J connectivity index is 1.37. The zero-order valence-electron chi connectivity index (χ0n) is 19.4. The summed E-state index contributed by atoms with van der Waals surface area (Å²) >= 11 is 0. The fraction of sp³-hybridized carbons (Fsp3) is 0.286. The van der Waals surface area contributed by atoms with Crippen LogP contribution in [-0.4, -0.2) is 25.6 Å². The fourth-order valence-electron chi connectivity index (χ4n) is 3.51. The predicted molar refractivity (Wildman–Crippen MR) is 130 cm³/mol. The lowest BCUT2D eigenvalue weighted by atomic mass is 10.0. The number of ether oxygens (including phenoxy) is 2. The molecule has 0 unspecified atom stereocenters. The Kier molecular flexibility index (Phi) is 9.65. The van der Waals surface area contributed by atoms with E-state index in [4.69, 9.17) is 4.74 Å². The molecule has 0 radical (unpaired) electrons. The molecule has 3 aromatic rings. The molecule has 0 aliphatic carbocycles. The predicted octanol–water partition coefficient (Wildman–Crippen LogP) is 5.46. The van der Waals surface area contributed by atoms with Gasteiger partial charge in [-0.05, 0) is 65.8 Å². The molecule has 0 aromatic heterocycles. The highest BCUT2D eigenvalue weighted by Crippen LogP contribution is 2.23. The Morgan fingerprint density at radius 3 is 2.24 bits per heavy atom. The Bertz CT molecular complexity index is 1060. The number of nitrogens with one attached hydrogen (secondary N) is 1. The van der Waals surface area contributed by atoms with Gasteiger partial charge in [-0.15, -0.1) is 0 Å². The van der Waals surface area contributed by atoms with E-state index in [-0.39, 0.29) is 30.7 Å². The van der Waals surface area contributed by atoms with Crippen LogP contribution in [0.5, 0.6) is 5.75 Å². The maximum Gasteiger partial charge on any atom is 0.308 e. The van der Waals surface area contributed by atoms with Gasteiger partial charge in [-0.3, -0.25) is 9.59 Å². The first-order valence-corrected chi connectivity index (χ1v) is 11.4. The number of halogens is 1. The van der Waals surface area contributed by atoms with E-state index in [9.17, 15) is 14.0 Å². The highest BCUT2D eigenvalue weighted by molar-refractivity contribution is 5.75. The zero-order chi connectivity index (χ0) is 24.2. The minimum Gasteiger partial charge on any atom is -0.493 e. The highest BCUT2D eigenvalue weighted by Gasteiger charge is 2.05. The van der Waals surface area contributed by atoms with Crippen LogP contribution >= 0.6 is 0 Å². The van der Waals surface area contributed by atoms with Crippen molar-refractivity contribution >= 4 is 11.9 Å². The summed E-state index contributed by atoms with van der Waals surface area (Å²) in [6, 6.07) is 22.3. The summed E-state index contributed by atoms with van der Waals surface area (Å²) in [5.74, 6) is 0.197. The number of esters is 1. The molecular weight excluding hydrogens is 433 g/mol. The lowest BCUT2D eigenvalue weighted by Gasteiger charge is -2.09. The lowest BCUT2D eigenvalue weighted by molar-refractivity contribution is -0.141. The van der Waals surface area contributed by atoms with Gasteiger partial charge in [-0.2, -0.15) is 0 Å². The van der Waals surface area contributed by atoms with E-state index in [2.05, 4.69) is 10.1 Å². The fourth-order valence-corrected chi connectivity index (χ4v) is 3.51. The molecule has 0 aliphatic rings. The van der Waals surface area contributed by atoms with Crippen molar-refractivity contribution in [3.05, 3.63) is 89.7 Å². The number of hydrogen-bond donors (Lipinski definition) is 1. The average molecular weight is 464 g/mol. The molecule has 0 saturated carbocycles. The molecule has 0 atom stereocenters. The molecule has 5 nitrogen and oxygen atoms in total. The van der Waals surface area contributed by atoms with Gasteiger partial charge < -0.3 is 14.8 Å². The van der Waals surface area contributed by atoms with Gasteiger partial charge in [0.15, 0.2) is 0 Å². The van der Waals surface area contributed by atoms with Crippen LogP contribution in [0.3, 0.4) is 0 Å². The molecule has 3 rings (SSSR count). The second kappa shape index (κ2) is 13.1. The first-order valence-electron chi connectivity index (χ1n) is 11.4. The Morgan fingerprint density at radius 2 is 1.56 bits per heavy atom. The molecule has 0 bridgehead atoms. The van der Waals surface area contributed by atoms with Crippen LogP contribution in [0.4, 0.5) is 4.39 Å². The molecule has 1 N–H and O–H groups in total. The number of rotatable bonds is 12. The van der Waals surface area contributed by atoms with Gasteiger partial charge >= 0.3 is 5.97 Å². The SMILES string of the molecule is COC(=O)CCOc1ccc(-c2ccc(CNC(=O)CCCCc3cccc(F)c3)cc2)cc1. The third-order valence-electron chi connectivity index (χ3n) is 5.44. The van der Waals surface area contributed by atoms with E-state index in [1.54, 1.807) is 12.1 Å². The third-order valence-corrected chi connectivity index (χ3v) is 5.44. The van der Waals surface area contributed by atoms with E-state index in [1.807, 2.05) is 54.6 Å². The normalized spacial score (nSPS) is 10.5. The number of hydrogen-bond acceptors (Lipinski definition) is 4. The average Bonchev–Trinajstić information content (AvgIpc) is 2.86. The highest BCUT2D eigenvalue weighted by atomic mass is 19.1. The minimum atomic E-state index is -0.297. The summed E-state index contributed by atoms with van der Waals surface area (Å²) in [6.45, 7) is 0.759. The van der Waals surface area contributed by atoms with Crippen LogP contribution in [0.1, 0.15) is 36.8 Å². The van der Waals surface area contributed by atoms with Crippen LogP contribution in [0, 0.1) is 5.82 Å². The molecule has 3 aromatic carbocycles. The second-order valence-electron chi connectivity index (χ2n) is 8.01. The summed E-state index contributed by atoms with van der Waals surface area (Å²) in [5, 5.41) is 2.96. The van der Waals surface area contributed by atoms with Gasteiger partial charge in [0.25, 0.3) is 0 Å². The van der Waals surface area contributed by atoms with Gasteiger partial charge in [0.05, 0.1) is 20.1 Å². The molecule has 1 amide bonds. The molecule has 0 aliphatic heterocycles. The van der Waals surface area contributed by atoms with Crippen LogP contribution in [0.2, 0.25) is 0 Å². The molecule has 0 spiro atoms. The molecule has 34 heavy (non-hydrogen) atoms. The van der Waals surface area contributed by atoms with E-state index in [0.717, 1.165) is 41.5 Å². The van der Waals surface area contributed by atoms with Crippen LogP contribution in [0.25, 0.3) is 11.1 Å². The summed E-state index contributed by atoms with van der Waals surface area (Å²) in [5.41, 5.74) is 4.10. The number of carbonyl (C=O) groups excluding carboxylic acids is 2. The monoisotopic (exact) mass is 463 g/mol. The first-order chi connectivity index (χ1) is 16.5. The lowest BCUT2D eigenvalue weighted by Crippen LogP contribution is -2.22. The quantitative estimate of drug-likeness (QED) is 0.286. The Morgan fingerprint density at radius 1 is 0.853 bits per heavy atom. The number of amides is 1. The second-order valence-corrected chi connectivity index (χ2v) is 8.01. The van der Waals surface area contributed by atoms with Gasteiger partial charge in [-0.1, -0.05) is 48.5 Å². The number of methoxy groups -OCH3 is 1. The van der Waals surface area contributed by atoms with E-state index in [1.165, 1.54) is 13.2 Å². The smallest absolute Gasteiger partial charge is 0.308 e. The number of aryl methyl sites for hydroxylation is 1. The molecule has 0 saturated heterocycles. The molecule has 0 fully saturated rings. The van der Waals surface area contributed by atoms with Gasteiger partial charge in [0.2, 0.25) is 5.91 Å². The van der Waals surface area contributed by atoms with Crippen molar-refractivity contribution in [2.45, 2.75) is 38.6 Å². The van der Waals surface area contributed by atoms with Gasteiger partial charge in [-0.25, -0.2) is 4.39 Å². The van der Waals surface area contributed by atoms with Crippen LogP contribution in [-0.2, 0) is 27.3 Å². The maximum atomic E-state index is 13.2. The summed E-state index contributed by atoms with van der Waals surface area (Å²) in [6.07, 6.45) is 3.06. The van der Waals surface area contributed by atoms with Crippen LogP contribution < -0.4 is 10.1 Å². The van der Waals surface area contributed by atoms with E-state index < -0.39 is 0 Å². The Labute approximate surface area is 199 Å². The Hall–Kier alpha value is -3.67. The zero-order valence-corrected chi connectivity index (χ0v) is 19.4. The largest absolute Gasteiger partial charge is 0.493 e. The van der Waals surface area contributed by atoms with Crippen molar-refractivity contribution < 1.29 is 23.5 Å². The minimum absolute atomic E-state index is 0.0195. The third kappa shape index (κ3) is 8.35.